The Hall–Kier alpha value is -3.56. The highest BCUT2D eigenvalue weighted by Crippen LogP contribution is 2.38. The third-order valence-corrected chi connectivity index (χ3v) is 5.11. The van der Waals surface area contributed by atoms with Crippen LogP contribution < -0.4 is 20.1 Å². The van der Waals surface area contributed by atoms with E-state index in [4.69, 9.17) is 9.47 Å². The van der Waals surface area contributed by atoms with E-state index in [1.807, 2.05) is 32.0 Å². The number of rotatable bonds is 11. The molecule has 186 valence electrons. The van der Waals surface area contributed by atoms with E-state index >= 15 is 0 Å². The summed E-state index contributed by atoms with van der Waals surface area (Å²) in [5.41, 5.74) is 1.48. The molecule has 2 aromatic rings. The number of nitrogens with one attached hydrogen (secondary N) is 2. The number of methoxy groups -OCH3 is 3. The van der Waals surface area contributed by atoms with Gasteiger partial charge in [0, 0.05) is 6.54 Å². The van der Waals surface area contributed by atoms with Gasteiger partial charge in [-0.2, -0.15) is 5.10 Å². The molecule has 34 heavy (non-hydrogen) atoms. The standard InChI is InChI=1S/C24H34N4O6/c1-14(2)13-28-17(21-18(32-5)9-8-10-19(21)33-6)11-16(27-28)23(30)26-22(15(3)4)24(31)25-12-20(29)34-7/h8-11,14-15,22H,12-13H2,1-7H3,(H,25,31)(H,26,30). The minimum Gasteiger partial charge on any atom is -0.496 e. The molecular weight excluding hydrogens is 440 g/mol. The zero-order chi connectivity index (χ0) is 25.4. The van der Waals surface area contributed by atoms with Crippen LogP contribution in [0.4, 0.5) is 0 Å². The quantitative estimate of drug-likeness (QED) is 0.479. The van der Waals surface area contributed by atoms with Crippen molar-refractivity contribution in [1.29, 1.82) is 0 Å². The molecule has 1 aromatic carbocycles. The number of amides is 2. The van der Waals surface area contributed by atoms with Crippen molar-refractivity contribution in [2.45, 2.75) is 40.3 Å². The van der Waals surface area contributed by atoms with Crippen molar-refractivity contribution in [2.24, 2.45) is 11.8 Å². The molecule has 0 fully saturated rings. The van der Waals surface area contributed by atoms with Crippen molar-refractivity contribution < 1.29 is 28.6 Å². The fourth-order valence-corrected chi connectivity index (χ4v) is 3.41. The predicted octanol–water partition coefficient (Wildman–Crippen LogP) is 2.27. The summed E-state index contributed by atoms with van der Waals surface area (Å²) in [5, 5.41) is 9.74. The Kier molecular flexibility index (Phi) is 9.47. The van der Waals surface area contributed by atoms with E-state index in [0.29, 0.717) is 29.3 Å². The van der Waals surface area contributed by atoms with Crippen LogP contribution in [0, 0.1) is 11.8 Å². The summed E-state index contributed by atoms with van der Waals surface area (Å²) in [6.07, 6.45) is 0. The molecule has 10 nitrogen and oxygen atoms in total. The number of hydrogen-bond acceptors (Lipinski definition) is 7. The largest absolute Gasteiger partial charge is 0.496 e. The zero-order valence-electron chi connectivity index (χ0n) is 20.8. The van der Waals surface area contributed by atoms with E-state index in [9.17, 15) is 14.4 Å². The van der Waals surface area contributed by atoms with Crippen LogP contribution >= 0.6 is 0 Å². The van der Waals surface area contributed by atoms with Crippen LogP contribution in [0.5, 0.6) is 11.5 Å². The number of carbonyl (C=O) groups excluding carboxylic acids is 3. The van der Waals surface area contributed by atoms with Crippen molar-refractivity contribution in [3.05, 3.63) is 30.0 Å². The summed E-state index contributed by atoms with van der Waals surface area (Å²) in [7, 11) is 4.36. The Morgan fingerprint density at radius 2 is 1.65 bits per heavy atom. The number of ether oxygens (including phenoxy) is 3. The van der Waals surface area contributed by atoms with E-state index in [-0.39, 0.29) is 24.1 Å². The van der Waals surface area contributed by atoms with E-state index in [1.54, 1.807) is 38.8 Å². The lowest BCUT2D eigenvalue weighted by atomic mass is 10.0. The van der Waals surface area contributed by atoms with Gasteiger partial charge >= 0.3 is 5.97 Å². The highest BCUT2D eigenvalue weighted by Gasteiger charge is 2.28. The number of nitrogens with zero attached hydrogens (tertiary/aromatic N) is 2. The molecule has 2 N–H and O–H groups in total. The normalized spacial score (nSPS) is 11.8. The molecule has 1 unspecified atom stereocenters. The van der Waals surface area contributed by atoms with Gasteiger partial charge in [-0.05, 0) is 30.0 Å². The molecule has 0 aliphatic rings. The summed E-state index contributed by atoms with van der Waals surface area (Å²) < 4.78 is 17.4. The second-order valence-electron chi connectivity index (χ2n) is 8.52. The number of hydrogen-bond donors (Lipinski definition) is 2. The van der Waals surface area contributed by atoms with Crippen LogP contribution in [-0.4, -0.2) is 61.5 Å². The van der Waals surface area contributed by atoms with Crippen LogP contribution in [0.2, 0.25) is 0 Å². The van der Waals surface area contributed by atoms with E-state index in [1.165, 1.54) is 7.11 Å². The highest BCUT2D eigenvalue weighted by molar-refractivity contribution is 5.97. The van der Waals surface area contributed by atoms with E-state index in [2.05, 4.69) is 20.5 Å². The Balaban J connectivity index is 2.41. The van der Waals surface area contributed by atoms with Gasteiger partial charge in [0.05, 0.1) is 32.6 Å². The first-order valence-corrected chi connectivity index (χ1v) is 11.1. The fraction of sp³-hybridized carbons (Fsp3) is 0.500. The lowest BCUT2D eigenvalue weighted by Gasteiger charge is -2.20. The van der Waals surface area contributed by atoms with Gasteiger partial charge in [-0.15, -0.1) is 0 Å². The van der Waals surface area contributed by atoms with Crippen LogP contribution in [0.25, 0.3) is 11.3 Å². The highest BCUT2D eigenvalue weighted by atomic mass is 16.5. The van der Waals surface area contributed by atoms with Gasteiger partial charge in [0.2, 0.25) is 5.91 Å². The van der Waals surface area contributed by atoms with E-state index < -0.39 is 23.8 Å². The number of benzene rings is 1. The molecule has 2 rings (SSSR count). The van der Waals surface area contributed by atoms with Crippen LogP contribution in [0.15, 0.2) is 24.3 Å². The Morgan fingerprint density at radius 1 is 1.03 bits per heavy atom. The van der Waals surface area contributed by atoms with Gasteiger partial charge in [0.1, 0.15) is 24.1 Å². The molecule has 0 aliphatic carbocycles. The molecular formula is C24H34N4O6. The smallest absolute Gasteiger partial charge is 0.325 e. The maximum absolute atomic E-state index is 13.1. The fourth-order valence-electron chi connectivity index (χ4n) is 3.41. The second kappa shape index (κ2) is 12.1. The average Bonchev–Trinajstić information content (AvgIpc) is 3.22. The first-order valence-electron chi connectivity index (χ1n) is 11.1. The van der Waals surface area contributed by atoms with Crippen LogP contribution in [0.3, 0.4) is 0 Å². The van der Waals surface area contributed by atoms with Gasteiger partial charge in [-0.3, -0.25) is 19.1 Å². The maximum atomic E-state index is 13.1. The average molecular weight is 475 g/mol. The first kappa shape index (κ1) is 26.7. The molecule has 0 bridgehead atoms. The lowest BCUT2D eigenvalue weighted by molar-refractivity contribution is -0.141. The summed E-state index contributed by atoms with van der Waals surface area (Å²) in [5.74, 6) is -0.385. The minimum absolute atomic E-state index is 0.148. The monoisotopic (exact) mass is 474 g/mol. The number of carbonyl (C=O) groups is 3. The van der Waals surface area contributed by atoms with Gasteiger partial charge in [0.15, 0.2) is 5.69 Å². The Labute approximate surface area is 199 Å². The van der Waals surface area contributed by atoms with Crippen molar-refractivity contribution in [3.63, 3.8) is 0 Å². The Morgan fingerprint density at radius 3 is 2.15 bits per heavy atom. The molecule has 0 saturated heterocycles. The molecule has 0 saturated carbocycles. The second-order valence-corrected chi connectivity index (χ2v) is 8.52. The predicted molar refractivity (Wildman–Crippen MR) is 127 cm³/mol. The summed E-state index contributed by atoms with van der Waals surface area (Å²) >= 11 is 0. The molecule has 10 heteroatoms. The van der Waals surface area contributed by atoms with Gasteiger partial charge < -0.3 is 24.8 Å². The molecule has 0 radical (unpaired) electrons. The van der Waals surface area contributed by atoms with Crippen molar-refractivity contribution in [2.75, 3.05) is 27.9 Å². The van der Waals surface area contributed by atoms with Gasteiger partial charge in [0.25, 0.3) is 5.91 Å². The van der Waals surface area contributed by atoms with E-state index in [0.717, 1.165) is 0 Å². The molecule has 0 aliphatic heterocycles. The van der Waals surface area contributed by atoms with Crippen molar-refractivity contribution >= 4 is 17.8 Å². The molecule has 0 spiro atoms. The summed E-state index contributed by atoms with van der Waals surface area (Å²) in [6.45, 7) is 7.96. The third-order valence-electron chi connectivity index (χ3n) is 5.11. The van der Waals surface area contributed by atoms with Crippen LogP contribution in [-0.2, 0) is 20.9 Å². The first-order chi connectivity index (χ1) is 16.1. The summed E-state index contributed by atoms with van der Waals surface area (Å²) in [6, 6.07) is 6.23. The topological polar surface area (TPSA) is 121 Å². The third kappa shape index (κ3) is 6.49. The van der Waals surface area contributed by atoms with Gasteiger partial charge in [-0.1, -0.05) is 33.8 Å². The molecule has 1 heterocycles. The molecule has 1 aromatic heterocycles. The number of esters is 1. The SMILES string of the molecule is COC(=O)CNC(=O)C(NC(=O)c1cc(-c2c(OC)cccc2OC)n(CC(C)C)n1)C(C)C. The Bertz CT molecular complexity index is 993. The lowest BCUT2D eigenvalue weighted by Crippen LogP contribution is -2.50. The number of aromatic nitrogens is 2. The minimum atomic E-state index is -0.864. The maximum Gasteiger partial charge on any atom is 0.325 e. The van der Waals surface area contributed by atoms with Crippen molar-refractivity contribution in [1.82, 2.24) is 20.4 Å². The summed E-state index contributed by atoms with van der Waals surface area (Å²) in [4.78, 5) is 37.1. The van der Waals surface area contributed by atoms with Gasteiger partial charge in [-0.25, -0.2) is 0 Å². The molecule has 1 atom stereocenters. The zero-order valence-corrected chi connectivity index (χ0v) is 20.8. The van der Waals surface area contributed by atoms with Crippen molar-refractivity contribution in [3.8, 4) is 22.8 Å². The molecule has 2 amide bonds. The van der Waals surface area contributed by atoms with Crippen LogP contribution in [0.1, 0.15) is 38.2 Å².